The van der Waals surface area contributed by atoms with Crippen molar-refractivity contribution in [3.8, 4) is 46.0 Å². The largest absolute Gasteiger partial charge is 0.493 e. The van der Waals surface area contributed by atoms with Gasteiger partial charge in [0.15, 0.2) is 46.0 Å². The van der Waals surface area contributed by atoms with Gasteiger partial charge in [0, 0.05) is 142 Å². The number of esters is 4. The maximum atomic E-state index is 12.9. The summed E-state index contributed by atoms with van der Waals surface area (Å²) in [4.78, 5) is 60.3. The summed E-state index contributed by atoms with van der Waals surface area (Å²) in [6.45, 7) is 25.3. The zero-order valence-corrected chi connectivity index (χ0v) is 75.2. The average Bonchev–Trinajstić information content (AvgIpc) is 0.734. The van der Waals surface area contributed by atoms with Gasteiger partial charge in [-0.2, -0.15) is 0 Å². The molecule has 0 bridgehead atoms. The van der Waals surface area contributed by atoms with Crippen LogP contribution in [0.25, 0.3) is 0 Å². The van der Waals surface area contributed by atoms with Gasteiger partial charge in [0.25, 0.3) is 0 Å². The summed E-state index contributed by atoms with van der Waals surface area (Å²) < 4.78 is 189. The van der Waals surface area contributed by atoms with Crippen molar-refractivity contribution in [1.29, 1.82) is 0 Å². The van der Waals surface area contributed by atoms with E-state index in [1.807, 2.05) is 58.0 Å². The van der Waals surface area contributed by atoms with Crippen molar-refractivity contribution in [1.82, 2.24) is 19.6 Å². The van der Waals surface area contributed by atoms with E-state index >= 15 is 0 Å². The van der Waals surface area contributed by atoms with Crippen molar-refractivity contribution >= 4 is 23.9 Å². The zero-order valence-electron chi connectivity index (χ0n) is 90.2. The molecule has 8 aliphatic rings. The van der Waals surface area contributed by atoms with E-state index in [4.69, 9.17) is 100 Å². The van der Waals surface area contributed by atoms with Crippen molar-refractivity contribution in [3.63, 3.8) is 0 Å². The third-order valence-corrected chi connectivity index (χ3v) is 25.3. The second-order valence-corrected chi connectivity index (χ2v) is 36.0. The molecule has 18 atom stereocenters. The van der Waals surface area contributed by atoms with Crippen LogP contribution in [0.3, 0.4) is 0 Å². The van der Waals surface area contributed by atoms with Gasteiger partial charge in [-0.1, -0.05) is 111 Å². The highest BCUT2D eigenvalue weighted by atomic mass is 16.6. The molecule has 4 aromatic rings. The lowest BCUT2D eigenvalue weighted by Gasteiger charge is -2.47. The van der Waals surface area contributed by atoms with E-state index in [0.717, 1.165) is 117 Å². The molecular weight excluding hydrogens is 1520 g/mol. The molecule has 0 saturated carbocycles. The summed E-state index contributed by atoms with van der Waals surface area (Å²) in [7, 11) is 8.55. The maximum Gasteiger partial charge on any atom is 0.323 e. The fraction of sp³-hybridized carbons (Fsp3) is 0.708. The third kappa shape index (κ3) is 23.8. The summed E-state index contributed by atoms with van der Waals surface area (Å²) in [5.74, 6) is -3.08. The van der Waals surface area contributed by atoms with E-state index in [1.165, 1.54) is 18.2 Å². The lowest BCUT2D eigenvalue weighted by Crippen LogP contribution is -2.51. The fourth-order valence-corrected chi connectivity index (χ4v) is 18.4. The molecule has 4 saturated heterocycles. The van der Waals surface area contributed by atoms with Crippen molar-refractivity contribution in [2.75, 3.05) is 109 Å². The first kappa shape index (κ1) is 76.5. The SMILES string of the molecule is COc1cc2c(cc1OC)[C@@H]1C[C@@H](OC(=O)[C@@H](N)C(C)C)[C@@H](CC(C)C)CN1CC2.[2H]C([2H])([2H])C([2H])(C)C([2H])([2H])[C@H]1CN2CCc3cc(OC)c(OC)cc3[C@@H]2C[C@H]1OC(=O)[C@@H](N)C(C)C.[2H]C([2H])([2H])C([2H])(C)C([2H])([2H])[C@H]1CN2CCc3cc(OC)c(OC)cc3[C@@H]2C[C@H]1OC(=O)[C@@H](N)C(C)C.[2H]C([2H])([2H])Oc1cc2c(cc1OC)[C@@H]1C[C@@H](OC(=O)[C@@H](N)C(C)C)[C@@H](CC(C)C)CN1CC2. The lowest BCUT2D eigenvalue weighted by molar-refractivity contribution is -0.161. The molecule has 0 aliphatic carbocycles. The maximum absolute atomic E-state index is 12.9. The highest BCUT2D eigenvalue weighted by Crippen LogP contribution is 2.50. The minimum atomic E-state index is -2.88. The van der Waals surface area contributed by atoms with E-state index in [9.17, 15) is 19.2 Å². The molecule has 0 radical (unpaired) electrons. The Labute approximate surface area is 739 Å². The molecule has 120 heavy (non-hydrogen) atoms. The van der Waals surface area contributed by atoms with Gasteiger partial charge in [0.1, 0.15) is 48.6 Å². The number of piperidine rings is 4. The van der Waals surface area contributed by atoms with Crippen LogP contribution in [0.4, 0.5) is 0 Å². The number of carbonyl (C=O) groups is 4. The Hall–Kier alpha value is -7.16. The number of rotatable bonds is 28. The fourth-order valence-electron chi connectivity index (χ4n) is 18.4. The summed E-state index contributed by atoms with van der Waals surface area (Å²) in [5, 5.41) is 0. The van der Waals surface area contributed by atoms with Gasteiger partial charge in [-0.05, 0) is 192 Å². The summed E-state index contributed by atoms with van der Waals surface area (Å²) in [6, 6.07) is 12.4. The predicted molar refractivity (Wildman–Crippen MR) is 471 cm³/mol. The predicted octanol–water partition coefficient (Wildman–Crippen LogP) is 14.3. The highest BCUT2D eigenvalue weighted by molar-refractivity contribution is 5.77. The van der Waals surface area contributed by atoms with Gasteiger partial charge in [-0.3, -0.25) is 38.8 Å². The quantitative estimate of drug-likeness (QED) is 0.0303. The molecule has 2 unspecified atom stereocenters. The van der Waals surface area contributed by atoms with Crippen LogP contribution in [-0.4, -0.2) is 201 Å². The van der Waals surface area contributed by atoms with Crippen LogP contribution in [0, 0.1) is 71.0 Å². The second kappa shape index (κ2) is 43.9. The lowest BCUT2D eigenvalue weighted by atomic mass is 9.79. The number of benzene rings is 4. The normalized spacial score (nSPS) is 28.3. The molecule has 4 fully saturated rings. The van der Waals surface area contributed by atoms with Crippen molar-refractivity contribution < 1.29 is 96.6 Å². The zero-order chi connectivity index (χ0) is 101. The molecule has 24 heteroatoms. The Morgan fingerprint density at radius 1 is 0.358 bits per heavy atom. The second-order valence-electron chi connectivity index (χ2n) is 36.0. The number of methoxy groups -OCH3 is 8. The Balaban J connectivity index is 0.000000202. The average molecular weight is 1690 g/mol. The Morgan fingerprint density at radius 3 is 0.783 bits per heavy atom. The van der Waals surface area contributed by atoms with Gasteiger partial charge < -0.3 is 79.8 Å². The van der Waals surface area contributed by atoms with Gasteiger partial charge in [0.2, 0.25) is 0 Å². The molecule has 4 aromatic carbocycles. The number of hydrogen-bond donors (Lipinski definition) is 4. The molecule has 0 spiro atoms. The molecule has 8 N–H and O–H groups in total. The standard InChI is InChI=1S/4C24H38N2O4/c4*1-14(2)9-17-13-26-8-7-16-10-21(28-5)22(29-6)11-18(16)19(26)12-20(17)30-24(27)23(25)15(3)4/h4*10-11,14-15,17,19-20,23H,7-9,12-13,25H2,1-6H3/t4*17-,19-,20+,23-/m0000/s1/i2*1D3,9D2,14D;5D3;/t2*14?,17-,19-,20+,23-;2m. The summed E-state index contributed by atoms with van der Waals surface area (Å²) >= 11 is 0. The van der Waals surface area contributed by atoms with E-state index in [-0.39, 0.29) is 110 Å². The first-order valence-electron chi connectivity index (χ1n) is 50.7. The third-order valence-electron chi connectivity index (χ3n) is 25.3. The van der Waals surface area contributed by atoms with Crippen LogP contribution in [-0.2, 0) is 63.8 Å². The number of carbonyl (C=O) groups excluding carboxylic acids is 4. The Bertz CT molecular complexity index is 4520. The van der Waals surface area contributed by atoms with Crippen molar-refractivity contribution in [3.05, 3.63) is 93.0 Å². The molecule has 8 aliphatic heterocycles. The first-order chi connectivity index (χ1) is 62.8. The van der Waals surface area contributed by atoms with Gasteiger partial charge in [-0.15, -0.1) is 0 Å². The highest BCUT2D eigenvalue weighted by Gasteiger charge is 2.47. The van der Waals surface area contributed by atoms with E-state index < -0.39 is 105 Å². The molecule has 0 amide bonds. The van der Waals surface area contributed by atoms with Gasteiger partial charge >= 0.3 is 23.9 Å². The number of hydrogen-bond acceptors (Lipinski definition) is 24. The number of nitrogens with zero attached hydrogens (tertiary/aromatic N) is 4. The number of fused-ring (bicyclic) bond motifs is 12. The van der Waals surface area contributed by atoms with Crippen LogP contribution < -0.4 is 60.8 Å². The van der Waals surface area contributed by atoms with E-state index in [0.29, 0.717) is 78.9 Å². The molecule has 12 rings (SSSR count). The summed E-state index contributed by atoms with van der Waals surface area (Å²) in [6.07, 6.45) is -0.170. The molecule has 8 heterocycles. The topological polar surface area (TPSA) is 296 Å². The van der Waals surface area contributed by atoms with E-state index in [2.05, 4.69) is 59.4 Å². The molecule has 24 nitrogen and oxygen atoms in total. The van der Waals surface area contributed by atoms with Crippen LogP contribution >= 0.6 is 0 Å². The molecule has 0 aromatic heterocycles. The van der Waals surface area contributed by atoms with Crippen LogP contribution in [0.2, 0.25) is 0 Å². The van der Waals surface area contributed by atoms with Crippen LogP contribution in [0.15, 0.2) is 48.5 Å². The minimum absolute atomic E-state index is 0.0115. The Morgan fingerprint density at radius 2 is 0.575 bits per heavy atom. The van der Waals surface area contributed by atoms with Crippen LogP contribution in [0.1, 0.15) is 251 Å². The van der Waals surface area contributed by atoms with E-state index in [1.54, 1.807) is 76.4 Å². The minimum Gasteiger partial charge on any atom is -0.493 e. The first-order valence-corrected chi connectivity index (χ1v) is 43.2. The smallest absolute Gasteiger partial charge is 0.323 e. The molecular formula is C96H152N8O16. The van der Waals surface area contributed by atoms with Gasteiger partial charge in [0.05, 0.1) is 60.9 Å². The Kier molecular flexibility index (Phi) is 28.0. The van der Waals surface area contributed by atoms with Crippen LogP contribution in [0.5, 0.6) is 46.0 Å². The van der Waals surface area contributed by atoms with Crippen molar-refractivity contribution in [2.45, 2.75) is 260 Å². The number of nitrogens with two attached hydrogens (primary N) is 4. The van der Waals surface area contributed by atoms with Gasteiger partial charge in [-0.25, -0.2) is 0 Å². The number of ether oxygens (including phenoxy) is 12. The molecule has 672 valence electrons. The summed E-state index contributed by atoms with van der Waals surface area (Å²) in [5.41, 5.74) is 33.0. The van der Waals surface area contributed by atoms with Crippen molar-refractivity contribution in [2.24, 2.45) is 93.9 Å². The monoisotopic (exact) mass is 1690 g/mol.